The molecular weight excluding hydrogens is 387 g/mol. The second-order valence-electron chi connectivity index (χ2n) is 5.62. The molecule has 0 radical (unpaired) electrons. The summed E-state index contributed by atoms with van der Waals surface area (Å²) in [4.78, 5) is 11.8. The van der Waals surface area contributed by atoms with Crippen LogP contribution in [0.2, 0.25) is 0 Å². The summed E-state index contributed by atoms with van der Waals surface area (Å²) in [6.07, 6.45) is 2.76. The Kier molecular flexibility index (Phi) is 7.13. The molecule has 0 spiro atoms. The third-order valence-corrected chi connectivity index (χ3v) is 4.16. The Labute approximate surface area is 155 Å². The minimum atomic E-state index is -0.325. The maximum atomic E-state index is 12.8. The standard InChI is InChI=1S/C19H20BrFN2O2/c1-3-13(2)25-18-9-6-15(10-17(18)20)12-22-23-19(24)11-14-4-7-16(21)8-5-14/h4-10,12-13H,3,11H2,1-2H3,(H,23,24)/b22-12+/t13-/m1/s1. The molecule has 1 amide bonds. The fourth-order valence-electron chi connectivity index (χ4n) is 2.00. The lowest BCUT2D eigenvalue weighted by Crippen LogP contribution is -2.19. The molecular formula is C19H20BrFN2O2. The van der Waals surface area contributed by atoms with Crippen molar-refractivity contribution in [3.63, 3.8) is 0 Å². The number of nitrogens with one attached hydrogen (secondary N) is 1. The lowest BCUT2D eigenvalue weighted by atomic mass is 10.1. The van der Waals surface area contributed by atoms with Gasteiger partial charge in [0.25, 0.3) is 0 Å². The van der Waals surface area contributed by atoms with Gasteiger partial charge in [0.05, 0.1) is 23.2 Å². The van der Waals surface area contributed by atoms with Crippen LogP contribution in [-0.4, -0.2) is 18.2 Å². The van der Waals surface area contributed by atoms with E-state index in [2.05, 4.69) is 33.4 Å². The lowest BCUT2D eigenvalue weighted by Gasteiger charge is -2.14. The number of rotatable bonds is 7. The van der Waals surface area contributed by atoms with Crippen LogP contribution in [0.15, 0.2) is 52.0 Å². The van der Waals surface area contributed by atoms with Gasteiger partial charge < -0.3 is 4.74 Å². The van der Waals surface area contributed by atoms with E-state index in [9.17, 15) is 9.18 Å². The topological polar surface area (TPSA) is 50.7 Å². The highest BCUT2D eigenvalue weighted by atomic mass is 79.9. The minimum absolute atomic E-state index is 0.140. The molecule has 0 aliphatic carbocycles. The predicted octanol–water partition coefficient (Wildman–Crippen LogP) is 4.46. The highest BCUT2D eigenvalue weighted by Gasteiger charge is 2.06. The highest BCUT2D eigenvalue weighted by Crippen LogP contribution is 2.26. The van der Waals surface area contributed by atoms with Crippen molar-refractivity contribution in [3.05, 3.63) is 63.9 Å². The number of carbonyl (C=O) groups excluding carboxylic acids is 1. The molecule has 0 heterocycles. The van der Waals surface area contributed by atoms with Crippen molar-refractivity contribution in [2.45, 2.75) is 32.8 Å². The first kappa shape index (κ1) is 19.1. The summed E-state index contributed by atoms with van der Waals surface area (Å²) in [5, 5.41) is 3.94. The fourth-order valence-corrected chi connectivity index (χ4v) is 2.49. The zero-order chi connectivity index (χ0) is 18.2. The predicted molar refractivity (Wildman–Crippen MR) is 100 cm³/mol. The first-order valence-corrected chi connectivity index (χ1v) is 8.79. The number of halogens is 2. The highest BCUT2D eigenvalue weighted by molar-refractivity contribution is 9.10. The van der Waals surface area contributed by atoms with Crippen LogP contribution in [0.3, 0.4) is 0 Å². The number of hydrogen-bond donors (Lipinski definition) is 1. The third kappa shape index (κ3) is 6.31. The van der Waals surface area contributed by atoms with Gasteiger partial charge in [-0.2, -0.15) is 5.10 Å². The van der Waals surface area contributed by atoms with E-state index < -0.39 is 0 Å². The van der Waals surface area contributed by atoms with Gasteiger partial charge in [-0.25, -0.2) is 9.82 Å². The summed E-state index contributed by atoms with van der Waals surface area (Å²) in [6, 6.07) is 11.4. The van der Waals surface area contributed by atoms with Crippen molar-refractivity contribution in [2.75, 3.05) is 0 Å². The van der Waals surface area contributed by atoms with E-state index in [4.69, 9.17) is 4.74 Å². The average molecular weight is 407 g/mol. The van der Waals surface area contributed by atoms with Crippen LogP contribution in [0.4, 0.5) is 4.39 Å². The third-order valence-electron chi connectivity index (χ3n) is 3.54. The molecule has 1 N–H and O–H groups in total. The van der Waals surface area contributed by atoms with Crippen molar-refractivity contribution in [1.29, 1.82) is 0 Å². The molecule has 2 rings (SSSR count). The van der Waals surface area contributed by atoms with Gasteiger partial charge in [0.15, 0.2) is 0 Å². The monoisotopic (exact) mass is 406 g/mol. The Morgan fingerprint density at radius 1 is 1.32 bits per heavy atom. The van der Waals surface area contributed by atoms with Crippen molar-refractivity contribution in [2.24, 2.45) is 5.10 Å². The SMILES string of the molecule is CC[C@@H](C)Oc1ccc(/C=N/NC(=O)Cc2ccc(F)cc2)cc1Br. The molecule has 2 aromatic rings. The number of amides is 1. The average Bonchev–Trinajstić information content (AvgIpc) is 2.59. The molecule has 0 bridgehead atoms. The second-order valence-corrected chi connectivity index (χ2v) is 6.48. The lowest BCUT2D eigenvalue weighted by molar-refractivity contribution is -0.120. The van der Waals surface area contributed by atoms with Crippen LogP contribution >= 0.6 is 15.9 Å². The smallest absolute Gasteiger partial charge is 0.244 e. The number of carbonyl (C=O) groups is 1. The molecule has 0 saturated heterocycles. The van der Waals surface area contributed by atoms with E-state index in [1.165, 1.54) is 12.1 Å². The summed E-state index contributed by atoms with van der Waals surface area (Å²) in [5.41, 5.74) is 4.01. The van der Waals surface area contributed by atoms with Gasteiger partial charge in [0, 0.05) is 0 Å². The van der Waals surface area contributed by atoms with Crippen LogP contribution in [-0.2, 0) is 11.2 Å². The van der Waals surface area contributed by atoms with Gasteiger partial charge >= 0.3 is 0 Å². The summed E-state index contributed by atoms with van der Waals surface area (Å²) in [5.74, 6) is 0.180. The molecule has 0 fully saturated rings. The zero-order valence-corrected chi connectivity index (χ0v) is 15.7. The Bertz CT molecular complexity index is 748. The minimum Gasteiger partial charge on any atom is -0.490 e. The maximum absolute atomic E-state index is 12.8. The van der Waals surface area contributed by atoms with Crippen molar-refractivity contribution in [3.8, 4) is 5.75 Å². The molecule has 132 valence electrons. The quantitative estimate of drug-likeness (QED) is 0.544. The van der Waals surface area contributed by atoms with Gasteiger partial charge in [-0.05, 0) is 70.7 Å². The molecule has 2 aromatic carbocycles. The first-order valence-electron chi connectivity index (χ1n) is 8.00. The van der Waals surface area contributed by atoms with E-state index >= 15 is 0 Å². The normalized spacial score (nSPS) is 12.2. The molecule has 0 aromatic heterocycles. The Hall–Kier alpha value is -2.21. The van der Waals surface area contributed by atoms with Gasteiger partial charge in [-0.1, -0.05) is 19.1 Å². The van der Waals surface area contributed by atoms with Crippen LogP contribution in [0.25, 0.3) is 0 Å². The summed E-state index contributed by atoms with van der Waals surface area (Å²) in [6.45, 7) is 4.08. The molecule has 4 nitrogen and oxygen atoms in total. The van der Waals surface area contributed by atoms with E-state index in [-0.39, 0.29) is 24.2 Å². The largest absolute Gasteiger partial charge is 0.490 e. The molecule has 0 unspecified atom stereocenters. The first-order chi connectivity index (χ1) is 12.0. The van der Waals surface area contributed by atoms with Crippen molar-refractivity contribution >= 4 is 28.1 Å². The molecule has 6 heteroatoms. The van der Waals surface area contributed by atoms with E-state index in [1.807, 2.05) is 25.1 Å². The Morgan fingerprint density at radius 2 is 2.04 bits per heavy atom. The van der Waals surface area contributed by atoms with Gasteiger partial charge in [-0.3, -0.25) is 4.79 Å². The number of nitrogens with zero attached hydrogens (tertiary/aromatic N) is 1. The summed E-state index contributed by atoms with van der Waals surface area (Å²) < 4.78 is 19.4. The second kappa shape index (κ2) is 9.32. The summed E-state index contributed by atoms with van der Waals surface area (Å²) in [7, 11) is 0. The number of benzene rings is 2. The maximum Gasteiger partial charge on any atom is 0.244 e. The molecule has 0 saturated carbocycles. The fraction of sp³-hybridized carbons (Fsp3) is 0.263. The number of hydrogen-bond acceptors (Lipinski definition) is 3. The Balaban J connectivity index is 1.89. The van der Waals surface area contributed by atoms with Gasteiger partial charge in [0.1, 0.15) is 11.6 Å². The van der Waals surface area contributed by atoms with Crippen LogP contribution in [0, 0.1) is 5.82 Å². The molecule has 1 atom stereocenters. The molecule has 0 aliphatic heterocycles. The van der Waals surface area contributed by atoms with E-state index in [1.54, 1.807) is 18.3 Å². The number of ether oxygens (including phenoxy) is 1. The molecule has 25 heavy (non-hydrogen) atoms. The van der Waals surface area contributed by atoms with Gasteiger partial charge in [-0.15, -0.1) is 0 Å². The van der Waals surface area contributed by atoms with Crippen LogP contribution < -0.4 is 10.2 Å². The van der Waals surface area contributed by atoms with Crippen molar-refractivity contribution < 1.29 is 13.9 Å². The zero-order valence-electron chi connectivity index (χ0n) is 14.1. The Morgan fingerprint density at radius 3 is 2.68 bits per heavy atom. The van der Waals surface area contributed by atoms with E-state index in [0.717, 1.165) is 27.8 Å². The molecule has 0 aliphatic rings. The van der Waals surface area contributed by atoms with E-state index in [0.29, 0.717) is 0 Å². The van der Waals surface area contributed by atoms with Crippen LogP contribution in [0.1, 0.15) is 31.4 Å². The summed E-state index contributed by atoms with van der Waals surface area (Å²) >= 11 is 3.47. The van der Waals surface area contributed by atoms with Gasteiger partial charge in [0.2, 0.25) is 5.91 Å². The number of hydrazone groups is 1. The van der Waals surface area contributed by atoms with Crippen molar-refractivity contribution in [1.82, 2.24) is 5.43 Å². The van der Waals surface area contributed by atoms with Crippen LogP contribution in [0.5, 0.6) is 5.75 Å².